The molecule has 0 heterocycles. The van der Waals surface area contributed by atoms with Gasteiger partial charge < -0.3 is 14.2 Å². The number of esters is 3. The molecule has 0 spiro atoms. The standard InChI is InChI=1S/C55H82O6/c1-4-7-10-13-16-19-22-24-25-26-27-28-29-31-33-36-39-42-45-48-54(57)60-51-52(50-59-53(56)47-44-41-38-35-32-21-18-15-12-9-6-3)61-55(58)49-46-43-40-37-34-30-23-20-17-14-11-8-5-2/h7-8,10-11,14-20,23-25,27-28,30-31,33-34,37,39-40,42,52H,4-6,9,12-13,21-22,26,29,32,35-36,38,41,43-51H2,1-3H3/b10-7-,11-8-,17-14-,18-15-,19-16-,23-20-,25-24-,28-27-,33-31-,34-30-,40-37-,42-39-. The SMILES string of the molecule is CC\C=C/C=C\C=C/C=C\C=C/CCCC(=O)OC(COC(=O)CC/C=C\C/C=C\C/C=C\C/C=C\C/C=C\C/C=C\CC)COC(=O)CCCCCCC/C=C\CCCC. The van der Waals surface area contributed by atoms with Gasteiger partial charge in [0.1, 0.15) is 13.2 Å². The van der Waals surface area contributed by atoms with Gasteiger partial charge in [-0.1, -0.05) is 199 Å². The molecule has 0 saturated carbocycles. The maximum atomic E-state index is 12.7. The van der Waals surface area contributed by atoms with E-state index in [1.54, 1.807) is 0 Å². The van der Waals surface area contributed by atoms with Gasteiger partial charge >= 0.3 is 17.9 Å². The van der Waals surface area contributed by atoms with E-state index in [0.29, 0.717) is 25.7 Å². The van der Waals surface area contributed by atoms with E-state index in [4.69, 9.17) is 14.2 Å². The van der Waals surface area contributed by atoms with Gasteiger partial charge in [-0.3, -0.25) is 14.4 Å². The van der Waals surface area contributed by atoms with Crippen LogP contribution in [0, 0.1) is 0 Å². The summed E-state index contributed by atoms with van der Waals surface area (Å²) in [6.07, 6.45) is 68.5. The van der Waals surface area contributed by atoms with Crippen molar-refractivity contribution < 1.29 is 28.6 Å². The molecule has 0 aromatic carbocycles. The quantitative estimate of drug-likeness (QED) is 0.0202. The van der Waals surface area contributed by atoms with Crippen LogP contribution in [0.5, 0.6) is 0 Å². The normalized spacial score (nSPS) is 13.4. The first-order valence-electron chi connectivity index (χ1n) is 23.4. The van der Waals surface area contributed by atoms with Gasteiger partial charge in [0, 0.05) is 19.3 Å². The van der Waals surface area contributed by atoms with Crippen molar-refractivity contribution in [2.45, 2.75) is 168 Å². The first-order valence-corrected chi connectivity index (χ1v) is 23.4. The van der Waals surface area contributed by atoms with E-state index in [1.165, 1.54) is 19.3 Å². The van der Waals surface area contributed by atoms with Crippen molar-refractivity contribution in [2.24, 2.45) is 0 Å². The topological polar surface area (TPSA) is 78.9 Å². The maximum absolute atomic E-state index is 12.7. The van der Waals surface area contributed by atoms with E-state index in [2.05, 4.69) is 99.8 Å². The summed E-state index contributed by atoms with van der Waals surface area (Å²) in [6, 6.07) is 0. The Balaban J connectivity index is 4.63. The Hall–Kier alpha value is -4.71. The van der Waals surface area contributed by atoms with Crippen LogP contribution in [0.25, 0.3) is 0 Å². The zero-order valence-corrected chi connectivity index (χ0v) is 38.4. The molecule has 0 amide bonds. The summed E-state index contributed by atoms with van der Waals surface area (Å²) in [5, 5.41) is 0. The zero-order valence-electron chi connectivity index (χ0n) is 38.4. The minimum atomic E-state index is -0.853. The van der Waals surface area contributed by atoms with Crippen molar-refractivity contribution in [3.8, 4) is 0 Å². The minimum absolute atomic E-state index is 0.141. The van der Waals surface area contributed by atoms with Gasteiger partial charge in [-0.2, -0.15) is 0 Å². The molecule has 1 unspecified atom stereocenters. The molecule has 0 N–H and O–H groups in total. The number of rotatable bonds is 39. The lowest BCUT2D eigenvalue weighted by molar-refractivity contribution is -0.166. The molecule has 0 fully saturated rings. The van der Waals surface area contributed by atoms with E-state index in [9.17, 15) is 14.4 Å². The van der Waals surface area contributed by atoms with Crippen LogP contribution in [0.3, 0.4) is 0 Å². The molecule has 0 aliphatic rings. The fraction of sp³-hybridized carbons (Fsp3) is 0.509. The summed E-state index contributed by atoms with van der Waals surface area (Å²) < 4.78 is 16.6. The number of carbonyl (C=O) groups excluding carboxylic acids is 3. The molecule has 6 heteroatoms. The molecule has 0 saturated heterocycles. The van der Waals surface area contributed by atoms with Crippen LogP contribution in [-0.2, 0) is 28.6 Å². The van der Waals surface area contributed by atoms with E-state index < -0.39 is 12.1 Å². The fourth-order valence-corrected chi connectivity index (χ4v) is 5.48. The molecule has 6 nitrogen and oxygen atoms in total. The van der Waals surface area contributed by atoms with Crippen molar-refractivity contribution in [3.63, 3.8) is 0 Å². The van der Waals surface area contributed by atoms with Crippen LogP contribution in [0.15, 0.2) is 146 Å². The lowest BCUT2D eigenvalue weighted by atomic mass is 10.1. The molecular formula is C55H82O6. The van der Waals surface area contributed by atoms with E-state index in [1.807, 2.05) is 66.8 Å². The highest BCUT2D eigenvalue weighted by Crippen LogP contribution is 2.10. The van der Waals surface area contributed by atoms with Gasteiger partial charge in [-0.15, -0.1) is 0 Å². The molecular weight excluding hydrogens is 757 g/mol. The smallest absolute Gasteiger partial charge is 0.306 e. The number of allylic oxidation sites excluding steroid dienone is 24. The Morgan fingerprint density at radius 3 is 1.33 bits per heavy atom. The van der Waals surface area contributed by atoms with Crippen molar-refractivity contribution >= 4 is 17.9 Å². The highest BCUT2D eigenvalue weighted by molar-refractivity contribution is 5.71. The molecule has 0 rings (SSSR count). The van der Waals surface area contributed by atoms with E-state index >= 15 is 0 Å². The maximum Gasteiger partial charge on any atom is 0.306 e. The Bertz CT molecular complexity index is 1430. The Morgan fingerprint density at radius 2 is 0.770 bits per heavy atom. The fourth-order valence-electron chi connectivity index (χ4n) is 5.48. The molecule has 338 valence electrons. The second kappa shape index (κ2) is 48.0. The Labute approximate surface area is 372 Å². The van der Waals surface area contributed by atoms with Gasteiger partial charge in [-0.05, 0) is 89.9 Å². The summed E-state index contributed by atoms with van der Waals surface area (Å²) in [7, 11) is 0. The van der Waals surface area contributed by atoms with Gasteiger partial charge in [0.25, 0.3) is 0 Å². The van der Waals surface area contributed by atoms with Crippen molar-refractivity contribution in [1.82, 2.24) is 0 Å². The monoisotopic (exact) mass is 839 g/mol. The number of ether oxygens (including phenoxy) is 3. The number of unbranched alkanes of at least 4 members (excludes halogenated alkanes) is 8. The minimum Gasteiger partial charge on any atom is -0.462 e. The number of hydrogen-bond donors (Lipinski definition) is 0. The summed E-state index contributed by atoms with van der Waals surface area (Å²) in [4.78, 5) is 37.7. The number of carbonyl (C=O) groups is 3. The zero-order chi connectivity index (χ0) is 44.4. The van der Waals surface area contributed by atoms with Crippen LogP contribution in [0.2, 0.25) is 0 Å². The third kappa shape index (κ3) is 46.2. The second-order valence-corrected chi connectivity index (χ2v) is 14.7. The van der Waals surface area contributed by atoms with Crippen molar-refractivity contribution in [2.75, 3.05) is 13.2 Å². The Kier molecular flexibility index (Phi) is 44.3. The van der Waals surface area contributed by atoms with E-state index in [0.717, 1.165) is 83.5 Å². The van der Waals surface area contributed by atoms with Crippen molar-refractivity contribution in [1.29, 1.82) is 0 Å². The highest BCUT2D eigenvalue weighted by Gasteiger charge is 2.19. The summed E-state index contributed by atoms with van der Waals surface area (Å²) in [6.45, 7) is 6.16. The highest BCUT2D eigenvalue weighted by atomic mass is 16.6. The summed E-state index contributed by atoms with van der Waals surface area (Å²) >= 11 is 0. The van der Waals surface area contributed by atoms with Gasteiger partial charge in [0.05, 0.1) is 0 Å². The van der Waals surface area contributed by atoms with Crippen LogP contribution in [0.4, 0.5) is 0 Å². The molecule has 0 radical (unpaired) electrons. The predicted octanol–water partition coefficient (Wildman–Crippen LogP) is 15.3. The summed E-state index contributed by atoms with van der Waals surface area (Å²) in [5.41, 5.74) is 0. The first-order chi connectivity index (χ1) is 30.0. The average Bonchev–Trinajstić information content (AvgIpc) is 3.26. The lowest BCUT2D eigenvalue weighted by Gasteiger charge is -2.18. The van der Waals surface area contributed by atoms with Gasteiger partial charge in [-0.25, -0.2) is 0 Å². The number of hydrogen-bond acceptors (Lipinski definition) is 6. The van der Waals surface area contributed by atoms with Crippen LogP contribution < -0.4 is 0 Å². The predicted molar refractivity (Wildman–Crippen MR) is 260 cm³/mol. The summed E-state index contributed by atoms with van der Waals surface area (Å²) in [5.74, 6) is -1.13. The molecule has 0 aliphatic heterocycles. The van der Waals surface area contributed by atoms with E-state index in [-0.39, 0.29) is 38.0 Å². The second-order valence-electron chi connectivity index (χ2n) is 14.7. The van der Waals surface area contributed by atoms with Crippen LogP contribution in [0.1, 0.15) is 162 Å². The molecule has 0 aromatic rings. The van der Waals surface area contributed by atoms with Crippen LogP contribution in [-0.4, -0.2) is 37.2 Å². The third-order valence-electron chi connectivity index (χ3n) is 8.95. The molecule has 0 aliphatic carbocycles. The molecule has 61 heavy (non-hydrogen) atoms. The van der Waals surface area contributed by atoms with Gasteiger partial charge in [0.2, 0.25) is 0 Å². The Morgan fingerprint density at radius 1 is 0.361 bits per heavy atom. The van der Waals surface area contributed by atoms with Gasteiger partial charge in [0.15, 0.2) is 6.10 Å². The average molecular weight is 839 g/mol. The first kappa shape index (κ1) is 56.3. The lowest BCUT2D eigenvalue weighted by Crippen LogP contribution is -2.30. The van der Waals surface area contributed by atoms with Crippen molar-refractivity contribution in [3.05, 3.63) is 146 Å². The molecule has 0 aromatic heterocycles. The third-order valence-corrected chi connectivity index (χ3v) is 8.95. The molecule has 1 atom stereocenters. The molecule has 0 bridgehead atoms. The van der Waals surface area contributed by atoms with Crippen LogP contribution >= 0.6 is 0 Å². The largest absolute Gasteiger partial charge is 0.462 e.